The van der Waals surface area contributed by atoms with Crippen LogP contribution in [-0.4, -0.2) is 24.1 Å². The molecule has 4 nitrogen and oxygen atoms in total. The molecule has 0 atom stereocenters. The minimum Gasteiger partial charge on any atom is -1.00 e. The van der Waals surface area contributed by atoms with E-state index in [4.69, 9.17) is 8.06 Å². The number of halogens is 3. The largest absolute Gasteiger partial charge is 1.00 e. The zero-order valence-corrected chi connectivity index (χ0v) is 19.5. The van der Waals surface area contributed by atoms with E-state index in [1.807, 2.05) is 64.1 Å². The SMILES string of the molecule is CCN(CC)C(=O)Oc1cccc(C)c1-c1c(C)cccc1[O][Ti+3].[Cl-].[Cl-].[Cl-]. The molecule has 146 valence electrons. The summed E-state index contributed by atoms with van der Waals surface area (Å²) >= 11 is 1.65. The van der Waals surface area contributed by atoms with Crippen molar-refractivity contribution in [1.29, 1.82) is 0 Å². The average Bonchev–Trinajstić information content (AvgIpc) is 2.57. The van der Waals surface area contributed by atoms with Crippen LogP contribution in [0.5, 0.6) is 11.5 Å². The van der Waals surface area contributed by atoms with E-state index in [0.717, 1.165) is 28.0 Å². The molecule has 27 heavy (non-hydrogen) atoms. The van der Waals surface area contributed by atoms with Gasteiger partial charge in [0.2, 0.25) is 0 Å². The van der Waals surface area contributed by atoms with Crippen LogP contribution in [0.3, 0.4) is 0 Å². The van der Waals surface area contributed by atoms with Gasteiger partial charge < -0.3 is 37.2 Å². The van der Waals surface area contributed by atoms with Crippen LogP contribution in [-0.2, 0) is 20.8 Å². The van der Waals surface area contributed by atoms with Crippen molar-refractivity contribution in [1.82, 2.24) is 4.90 Å². The Hall–Kier alpha value is -0.906. The van der Waals surface area contributed by atoms with Gasteiger partial charge in [0.1, 0.15) is 0 Å². The Morgan fingerprint density at radius 1 is 0.889 bits per heavy atom. The number of rotatable bonds is 5. The Morgan fingerprint density at radius 2 is 1.33 bits per heavy atom. The summed E-state index contributed by atoms with van der Waals surface area (Å²) < 4.78 is 11.2. The first kappa shape index (κ1) is 28.3. The van der Waals surface area contributed by atoms with Crippen molar-refractivity contribution in [3.05, 3.63) is 47.5 Å². The molecule has 0 aliphatic rings. The first-order valence-electron chi connectivity index (χ1n) is 8.03. The van der Waals surface area contributed by atoms with E-state index < -0.39 is 0 Å². The van der Waals surface area contributed by atoms with E-state index in [-0.39, 0.29) is 43.3 Å². The van der Waals surface area contributed by atoms with Gasteiger partial charge >= 0.3 is 156 Å². The van der Waals surface area contributed by atoms with E-state index >= 15 is 0 Å². The molecule has 0 radical (unpaired) electrons. The van der Waals surface area contributed by atoms with Crippen molar-refractivity contribution >= 4 is 6.09 Å². The van der Waals surface area contributed by atoms with Crippen LogP contribution < -0.4 is 45.3 Å². The minimum atomic E-state index is -0.334. The maximum atomic E-state index is 12.4. The summed E-state index contributed by atoms with van der Waals surface area (Å²) in [5.41, 5.74) is 3.96. The van der Waals surface area contributed by atoms with Gasteiger partial charge in [0.25, 0.3) is 0 Å². The molecule has 0 heterocycles. The minimum absolute atomic E-state index is 0. The summed E-state index contributed by atoms with van der Waals surface area (Å²) in [6.45, 7) is 9.14. The van der Waals surface area contributed by atoms with Crippen molar-refractivity contribution in [2.75, 3.05) is 13.1 Å². The number of aryl methyl sites for hydroxylation is 2. The van der Waals surface area contributed by atoms with E-state index in [2.05, 4.69) is 0 Å². The number of hydrogen-bond acceptors (Lipinski definition) is 3. The van der Waals surface area contributed by atoms with Crippen LogP contribution in [0, 0.1) is 13.8 Å². The molecule has 0 aliphatic carbocycles. The molecule has 0 spiro atoms. The van der Waals surface area contributed by atoms with Crippen LogP contribution in [0.4, 0.5) is 4.79 Å². The molecule has 2 aromatic carbocycles. The van der Waals surface area contributed by atoms with Crippen LogP contribution in [0.15, 0.2) is 36.4 Å². The molecular weight excluding hydrogens is 444 g/mol. The molecule has 0 saturated heterocycles. The maximum Gasteiger partial charge on any atom is -1.00 e. The second kappa shape index (κ2) is 13.3. The molecule has 8 heteroatoms. The number of carbonyl (C=O) groups is 1. The molecule has 0 saturated carbocycles. The third-order valence-corrected chi connectivity index (χ3v) is 4.39. The molecule has 0 unspecified atom stereocenters. The average molecular weight is 467 g/mol. The zero-order chi connectivity index (χ0) is 17.7. The van der Waals surface area contributed by atoms with Gasteiger partial charge in [-0.2, -0.15) is 0 Å². The number of carbonyl (C=O) groups excluding carboxylic acids is 1. The number of benzene rings is 2. The normalized spacial score (nSPS) is 9.26. The number of ether oxygens (including phenoxy) is 1. The first-order chi connectivity index (χ1) is 11.5. The maximum absolute atomic E-state index is 12.4. The zero-order valence-electron chi connectivity index (χ0n) is 15.7. The Balaban J connectivity index is 0. The fraction of sp³-hybridized carbons (Fsp3) is 0.316. The predicted molar refractivity (Wildman–Crippen MR) is 90.9 cm³/mol. The van der Waals surface area contributed by atoms with Crippen molar-refractivity contribution < 1.29 is 70.9 Å². The number of amides is 1. The number of nitrogens with zero attached hydrogens (tertiary/aromatic N) is 1. The summed E-state index contributed by atoms with van der Waals surface area (Å²) in [5, 5.41) is 0. The summed E-state index contributed by atoms with van der Waals surface area (Å²) in [7, 11) is 0. The standard InChI is InChI=1S/C19H23NO3.3ClH.Ti/c1-5-20(6-2)19(22)23-16-12-8-10-14(4)18(16)17-13(3)9-7-11-15(17)21;;;;/h7-12,21H,5-6H2,1-4H3;3*1H;/q;;;;+4/p-4. The molecule has 0 fully saturated rings. The van der Waals surface area contributed by atoms with Crippen molar-refractivity contribution in [2.24, 2.45) is 0 Å². The van der Waals surface area contributed by atoms with Gasteiger partial charge in [-0.1, -0.05) is 0 Å². The van der Waals surface area contributed by atoms with Crippen molar-refractivity contribution in [3.8, 4) is 22.6 Å². The van der Waals surface area contributed by atoms with Crippen molar-refractivity contribution in [2.45, 2.75) is 27.7 Å². The summed E-state index contributed by atoms with van der Waals surface area (Å²) in [6.07, 6.45) is -0.334. The van der Waals surface area contributed by atoms with Crippen LogP contribution in [0.2, 0.25) is 0 Å². The summed E-state index contributed by atoms with van der Waals surface area (Å²) in [6, 6.07) is 11.6. The molecule has 2 aromatic rings. The second-order valence-corrected chi connectivity index (χ2v) is 5.86. The van der Waals surface area contributed by atoms with Gasteiger partial charge in [-0.05, 0) is 0 Å². The first-order valence-corrected chi connectivity index (χ1v) is 8.67. The topological polar surface area (TPSA) is 38.8 Å². The fourth-order valence-electron chi connectivity index (χ4n) is 2.73. The fourth-order valence-corrected chi connectivity index (χ4v) is 3.00. The van der Waals surface area contributed by atoms with Gasteiger partial charge in [-0.15, -0.1) is 0 Å². The third-order valence-electron chi connectivity index (χ3n) is 4.05. The van der Waals surface area contributed by atoms with E-state index in [1.54, 1.807) is 25.7 Å². The molecule has 0 N–H and O–H groups in total. The Bertz CT molecular complexity index is 740. The van der Waals surface area contributed by atoms with Gasteiger partial charge in [0.15, 0.2) is 0 Å². The summed E-state index contributed by atoms with van der Waals surface area (Å²) in [5.74, 6) is 1.32. The van der Waals surface area contributed by atoms with Gasteiger partial charge in [-0.25, -0.2) is 0 Å². The molecule has 0 aliphatic heterocycles. The Morgan fingerprint density at radius 3 is 1.78 bits per heavy atom. The van der Waals surface area contributed by atoms with Crippen LogP contribution in [0.1, 0.15) is 25.0 Å². The number of hydrogen-bond donors (Lipinski definition) is 0. The van der Waals surface area contributed by atoms with Gasteiger partial charge in [0, 0.05) is 0 Å². The van der Waals surface area contributed by atoms with Gasteiger partial charge in [0.05, 0.1) is 0 Å². The predicted octanol–water partition coefficient (Wildman–Crippen LogP) is -4.34. The summed E-state index contributed by atoms with van der Waals surface area (Å²) in [4.78, 5) is 14.0. The van der Waals surface area contributed by atoms with Crippen LogP contribution in [0.25, 0.3) is 11.1 Å². The van der Waals surface area contributed by atoms with E-state index in [1.165, 1.54) is 0 Å². The molecule has 1 amide bonds. The third kappa shape index (κ3) is 6.58. The van der Waals surface area contributed by atoms with Crippen LogP contribution >= 0.6 is 0 Å². The van der Waals surface area contributed by atoms with Gasteiger partial charge in [-0.3, -0.25) is 0 Å². The second-order valence-electron chi connectivity index (χ2n) is 5.54. The molecular formula is C19H22Cl3NO3Ti. The van der Waals surface area contributed by atoms with E-state index in [9.17, 15) is 4.79 Å². The monoisotopic (exact) mass is 465 g/mol. The molecule has 0 aromatic heterocycles. The Kier molecular flexibility index (Phi) is 13.9. The van der Waals surface area contributed by atoms with Crippen molar-refractivity contribution in [3.63, 3.8) is 0 Å². The quantitative estimate of drug-likeness (QED) is 0.419. The van der Waals surface area contributed by atoms with E-state index in [0.29, 0.717) is 18.8 Å². The smallest absolute Gasteiger partial charge is 1.00 e. The Labute approximate surface area is 192 Å². The molecule has 2 rings (SSSR count). The molecule has 0 bridgehead atoms.